The average Bonchev–Trinajstić information content (AvgIpc) is 3.11. The number of aromatic nitrogens is 3. The molecule has 188 valence electrons. The van der Waals surface area contributed by atoms with Gasteiger partial charge in [0.15, 0.2) is 10.9 Å². The van der Waals surface area contributed by atoms with Crippen LogP contribution in [0.3, 0.4) is 0 Å². The molecule has 0 aliphatic heterocycles. The molecule has 3 atom stereocenters. The molecule has 3 aromatic rings. The van der Waals surface area contributed by atoms with Gasteiger partial charge in [-0.05, 0) is 62.6 Å². The molecule has 2 heterocycles. The fraction of sp³-hybridized carbons (Fsp3) is 0.552. The highest BCUT2D eigenvalue weighted by Gasteiger charge is 2.31. The van der Waals surface area contributed by atoms with E-state index in [9.17, 15) is 9.59 Å². The number of nitrogens with zero attached hydrogens (tertiary/aromatic N) is 3. The van der Waals surface area contributed by atoms with Crippen molar-refractivity contribution in [2.24, 2.45) is 17.8 Å². The topological polar surface area (TPSA) is 56.9 Å². The predicted octanol–water partition coefficient (Wildman–Crippen LogP) is 6.83. The van der Waals surface area contributed by atoms with Crippen LogP contribution in [0.15, 0.2) is 40.3 Å². The zero-order valence-corrected chi connectivity index (χ0v) is 22.8. The molecule has 0 bridgehead atoms. The van der Waals surface area contributed by atoms with Crippen LogP contribution in [0.1, 0.15) is 81.2 Å². The van der Waals surface area contributed by atoms with Gasteiger partial charge < -0.3 is 4.57 Å². The average molecular weight is 494 g/mol. The van der Waals surface area contributed by atoms with E-state index in [-0.39, 0.29) is 23.1 Å². The SMILES string of the molecule is Cc1cc(C(=O)CSc2nc3ccccc3c(=O)n2C2CCCC(C)C2C)c(C)n1CCC(C)C. The van der Waals surface area contributed by atoms with Crippen molar-refractivity contribution in [2.45, 2.75) is 85.0 Å². The molecule has 1 aromatic carbocycles. The second kappa shape index (κ2) is 10.7. The maximum absolute atomic E-state index is 13.7. The first-order valence-electron chi connectivity index (χ1n) is 13.0. The molecule has 6 heteroatoms. The Balaban J connectivity index is 1.65. The van der Waals surface area contributed by atoms with Crippen LogP contribution in [0.4, 0.5) is 0 Å². The van der Waals surface area contributed by atoms with Crippen molar-refractivity contribution >= 4 is 28.4 Å². The molecule has 5 nitrogen and oxygen atoms in total. The molecular weight excluding hydrogens is 454 g/mol. The van der Waals surface area contributed by atoms with Gasteiger partial charge in [0.05, 0.1) is 16.7 Å². The Morgan fingerprint density at radius 3 is 2.66 bits per heavy atom. The first kappa shape index (κ1) is 25.7. The summed E-state index contributed by atoms with van der Waals surface area (Å²) in [6.07, 6.45) is 4.37. The lowest BCUT2D eigenvalue weighted by atomic mass is 9.78. The fourth-order valence-electron chi connectivity index (χ4n) is 5.46. The lowest BCUT2D eigenvalue weighted by molar-refractivity contribution is 0.102. The predicted molar refractivity (Wildman–Crippen MR) is 146 cm³/mol. The van der Waals surface area contributed by atoms with Crippen molar-refractivity contribution in [1.82, 2.24) is 14.1 Å². The second-order valence-corrected chi connectivity index (χ2v) is 11.7. The van der Waals surface area contributed by atoms with E-state index in [1.807, 2.05) is 41.8 Å². The molecule has 0 N–H and O–H groups in total. The lowest BCUT2D eigenvalue weighted by Gasteiger charge is -2.36. The number of thioether (sulfide) groups is 1. The molecule has 0 amide bonds. The monoisotopic (exact) mass is 493 g/mol. The van der Waals surface area contributed by atoms with E-state index in [4.69, 9.17) is 4.98 Å². The van der Waals surface area contributed by atoms with Crippen LogP contribution in [-0.4, -0.2) is 25.7 Å². The summed E-state index contributed by atoms with van der Waals surface area (Å²) in [5.41, 5.74) is 3.66. The van der Waals surface area contributed by atoms with Gasteiger partial charge in [-0.15, -0.1) is 0 Å². The maximum atomic E-state index is 13.7. The zero-order valence-electron chi connectivity index (χ0n) is 22.0. The van der Waals surface area contributed by atoms with E-state index in [0.717, 1.165) is 42.8 Å². The molecule has 2 aromatic heterocycles. The number of fused-ring (bicyclic) bond motifs is 1. The third kappa shape index (κ3) is 5.28. The van der Waals surface area contributed by atoms with Crippen LogP contribution in [0, 0.1) is 31.6 Å². The van der Waals surface area contributed by atoms with Crippen LogP contribution in [0.25, 0.3) is 10.9 Å². The molecule has 1 aliphatic rings. The minimum Gasteiger partial charge on any atom is -0.348 e. The molecule has 1 aliphatic carbocycles. The van der Waals surface area contributed by atoms with Crippen LogP contribution in [0.2, 0.25) is 0 Å². The Morgan fingerprint density at radius 1 is 1.17 bits per heavy atom. The van der Waals surface area contributed by atoms with Gasteiger partial charge in [0.1, 0.15) is 0 Å². The van der Waals surface area contributed by atoms with Gasteiger partial charge in [-0.2, -0.15) is 0 Å². The number of benzene rings is 1. The normalized spacial score (nSPS) is 20.6. The molecular formula is C29H39N3O2S. The van der Waals surface area contributed by atoms with Gasteiger partial charge in [0.25, 0.3) is 5.56 Å². The van der Waals surface area contributed by atoms with Crippen LogP contribution in [-0.2, 0) is 6.54 Å². The van der Waals surface area contributed by atoms with E-state index < -0.39 is 0 Å². The number of carbonyl (C=O) groups excluding carboxylic acids is 1. The van der Waals surface area contributed by atoms with Gasteiger partial charge in [-0.3, -0.25) is 14.2 Å². The van der Waals surface area contributed by atoms with Gasteiger partial charge >= 0.3 is 0 Å². The van der Waals surface area contributed by atoms with Gasteiger partial charge in [0, 0.05) is 29.5 Å². The van der Waals surface area contributed by atoms with Gasteiger partial charge in [-0.25, -0.2) is 4.98 Å². The molecule has 35 heavy (non-hydrogen) atoms. The summed E-state index contributed by atoms with van der Waals surface area (Å²) >= 11 is 1.41. The molecule has 4 rings (SSSR count). The maximum Gasteiger partial charge on any atom is 0.262 e. The van der Waals surface area contributed by atoms with Crippen LogP contribution < -0.4 is 5.56 Å². The number of aryl methyl sites for hydroxylation is 1. The van der Waals surface area contributed by atoms with Crippen LogP contribution >= 0.6 is 11.8 Å². The summed E-state index contributed by atoms with van der Waals surface area (Å²) in [4.78, 5) is 31.9. The number of hydrogen-bond acceptors (Lipinski definition) is 4. The first-order valence-corrected chi connectivity index (χ1v) is 14.0. The first-order chi connectivity index (χ1) is 16.7. The Labute approximate surface area is 213 Å². The Hall–Kier alpha value is -2.34. The second-order valence-electron chi connectivity index (χ2n) is 10.8. The highest BCUT2D eigenvalue weighted by atomic mass is 32.2. The Morgan fingerprint density at radius 2 is 1.91 bits per heavy atom. The Bertz CT molecular complexity index is 1270. The van der Waals surface area contributed by atoms with E-state index >= 15 is 0 Å². The van der Waals surface area contributed by atoms with Gasteiger partial charge in [0.2, 0.25) is 0 Å². The summed E-state index contributed by atoms with van der Waals surface area (Å²) in [5.74, 6) is 1.93. The van der Waals surface area contributed by atoms with E-state index in [0.29, 0.717) is 33.8 Å². The highest BCUT2D eigenvalue weighted by Crippen LogP contribution is 2.39. The number of rotatable bonds is 8. The number of ketones is 1. The van der Waals surface area contributed by atoms with Crippen molar-refractivity contribution in [3.8, 4) is 0 Å². The largest absolute Gasteiger partial charge is 0.348 e. The summed E-state index contributed by atoms with van der Waals surface area (Å²) < 4.78 is 4.17. The van der Waals surface area contributed by atoms with Crippen molar-refractivity contribution < 1.29 is 4.79 Å². The van der Waals surface area contributed by atoms with E-state index in [1.165, 1.54) is 18.2 Å². The number of hydrogen-bond donors (Lipinski definition) is 0. The van der Waals surface area contributed by atoms with E-state index in [2.05, 4.69) is 39.2 Å². The minimum atomic E-state index is 0.0170. The van der Waals surface area contributed by atoms with Crippen molar-refractivity contribution in [3.63, 3.8) is 0 Å². The summed E-state index contributed by atoms with van der Waals surface area (Å²) in [6.45, 7) is 14.0. The quantitative estimate of drug-likeness (QED) is 0.196. The number of para-hydroxylation sites is 1. The lowest BCUT2D eigenvalue weighted by Crippen LogP contribution is -2.35. The zero-order chi connectivity index (χ0) is 25.3. The van der Waals surface area contributed by atoms with Crippen molar-refractivity contribution in [2.75, 3.05) is 5.75 Å². The third-order valence-electron chi connectivity index (χ3n) is 7.91. The minimum absolute atomic E-state index is 0.0170. The summed E-state index contributed by atoms with van der Waals surface area (Å²) in [6, 6.07) is 9.70. The van der Waals surface area contributed by atoms with Crippen LogP contribution in [0.5, 0.6) is 0 Å². The highest BCUT2D eigenvalue weighted by molar-refractivity contribution is 7.99. The van der Waals surface area contributed by atoms with Crippen molar-refractivity contribution in [3.05, 3.63) is 57.6 Å². The molecule has 1 saturated carbocycles. The van der Waals surface area contributed by atoms with Gasteiger partial charge in [-0.1, -0.05) is 64.4 Å². The smallest absolute Gasteiger partial charge is 0.262 e. The molecule has 0 spiro atoms. The standard InChI is InChI=1S/C29H39N3O2S/c1-18(2)14-15-31-20(4)16-24(22(31)6)27(33)17-35-29-30-25-12-8-7-11-23(25)28(34)32(29)26-13-9-10-19(3)21(26)5/h7-8,11-12,16,18-19,21,26H,9-10,13-15,17H2,1-6H3. The number of carbonyl (C=O) groups is 1. The summed E-state index contributed by atoms with van der Waals surface area (Å²) in [7, 11) is 0. The number of Topliss-reactive ketones (excluding diaryl/α,β-unsaturated/α-hetero) is 1. The molecule has 0 radical (unpaired) electrons. The van der Waals surface area contributed by atoms with E-state index in [1.54, 1.807) is 0 Å². The summed E-state index contributed by atoms with van der Waals surface area (Å²) in [5, 5.41) is 1.32. The third-order valence-corrected chi connectivity index (χ3v) is 8.86. The Kier molecular flexibility index (Phi) is 7.89. The molecule has 0 saturated heterocycles. The van der Waals surface area contributed by atoms with Crippen molar-refractivity contribution in [1.29, 1.82) is 0 Å². The fourth-order valence-corrected chi connectivity index (χ4v) is 6.40. The molecule has 1 fully saturated rings. The molecule has 3 unspecified atom stereocenters.